The Morgan fingerprint density at radius 1 is 1.19 bits per heavy atom. The number of fused-ring (bicyclic) bond motifs is 1. The zero-order chi connectivity index (χ0) is 14.8. The number of hydrogen-bond donors (Lipinski definition) is 0. The molecule has 1 aliphatic heterocycles. The predicted octanol–water partition coefficient (Wildman–Crippen LogP) is 4.82. The molecule has 0 bridgehead atoms. The van der Waals surface area contributed by atoms with Crippen LogP contribution in [0.5, 0.6) is 17.2 Å². The Balaban J connectivity index is 1.86. The summed E-state index contributed by atoms with van der Waals surface area (Å²) in [5, 5.41) is 0.611. The first kappa shape index (κ1) is 14.5. The van der Waals surface area contributed by atoms with Gasteiger partial charge in [0, 0.05) is 0 Å². The van der Waals surface area contributed by atoms with Gasteiger partial charge in [0.05, 0.1) is 16.1 Å². The maximum absolute atomic E-state index is 6.41. The maximum atomic E-state index is 6.41. The lowest BCUT2D eigenvalue weighted by atomic mass is 10.0. The number of hydrogen-bond acceptors (Lipinski definition) is 3. The molecule has 2 aromatic rings. The Bertz CT molecular complexity index is 656. The first-order valence-corrected chi connectivity index (χ1v) is 7.84. The molecule has 0 unspecified atom stereocenters. The highest BCUT2D eigenvalue weighted by atomic mass is 79.9. The first-order valence-electron chi connectivity index (χ1n) is 6.67. The fourth-order valence-electron chi connectivity index (χ4n) is 2.27. The van der Waals surface area contributed by atoms with E-state index in [9.17, 15) is 0 Å². The molecule has 0 aromatic heterocycles. The summed E-state index contributed by atoms with van der Waals surface area (Å²) in [6.45, 7) is 2.85. The topological polar surface area (TPSA) is 27.7 Å². The van der Waals surface area contributed by atoms with E-state index in [-0.39, 0.29) is 6.79 Å². The highest BCUT2D eigenvalue weighted by Crippen LogP contribution is 2.46. The van der Waals surface area contributed by atoms with Crippen molar-refractivity contribution in [3.63, 3.8) is 0 Å². The second kappa shape index (κ2) is 6.16. The van der Waals surface area contributed by atoms with Crippen molar-refractivity contribution in [3.05, 3.63) is 51.0 Å². The highest BCUT2D eigenvalue weighted by Gasteiger charge is 2.23. The summed E-state index contributed by atoms with van der Waals surface area (Å²) in [7, 11) is 0. The molecule has 0 saturated carbocycles. The Labute approximate surface area is 136 Å². The van der Waals surface area contributed by atoms with Crippen molar-refractivity contribution in [1.82, 2.24) is 0 Å². The molecule has 0 aliphatic carbocycles. The van der Waals surface area contributed by atoms with Crippen LogP contribution >= 0.6 is 27.5 Å². The molecule has 3 rings (SSSR count). The molecule has 0 spiro atoms. The number of rotatable bonds is 4. The van der Waals surface area contributed by atoms with Gasteiger partial charge in [0.25, 0.3) is 0 Å². The SMILES string of the molecule is CCOc1ccc(Cc2cc(Br)c3c(c2Cl)OCO3)cc1. The maximum Gasteiger partial charge on any atom is 0.231 e. The molecular formula is C16H14BrClO3. The third-order valence-corrected chi connectivity index (χ3v) is 4.24. The van der Waals surface area contributed by atoms with Gasteiger partial charge in [-0.15, -0.1) is 0 Å². The third kappa shape index (κ3) is 2.97. The number of benzene rings is 2. The largest absolute Gasteiger partial charge is 0.494 e. The molecule has 5 heteroatoms. The van der Waals surface area contributed by atoms with Gasteiger partial charge in [0.15, 0.2) is 11.5 Å². The van der Waals surface area contributed by atoms with E-state index in [4.69, 9.17) is 25.8 Å². The molecule has 0 N–H and O–H groups in total. The fourth-order valence-corrected chi connectivity index (χ4v) is 3.10. The van der Waals surface area contributed by atoms with Gasteiger partial charge < -0.3 is 14.2 Å². The van der Waals surface area contributed by atoms with Gasteiger partial charge in [0.2, 0.25) is 6.79 Å². The van der Waals surface area contributed by atoms with E-state index in [1.165, 1.54) is 0 Å². The van der Waals surface area contributed by atoms with E-state index in [0.717, 1.165) is 27.8 Å². The average molecular weight is 370 g/mol. The van der Waals surface area contributed by atoms with Crippen molar-refractivity contribution in [2.45, 2.75) is 13.3 Å². The predicted molar refractivity (Wildman–Crippen MR) is 85.7 cm³/mol. The molecule has 2 aromatic carbocycles. The van der Waals surface area contributed by atoms with Crippen LogP contribution < -0.4 is 14.2 Å². The Hall–Kier alpha value is -1.39. The minimum absolute atomic E-state index is 0.208. The van der Waals surface area contributed by atoms with Gasteiger partial charge >= 0.3 is 0 Å². The molecule has 3 nitrogen and oxygen atoms in total. The lowest BCUT2D eigenvalue weighted by Crippen LogP contribution is -1.94. The van der Waals surface area contributed by atoms with Crippen molar-refractivity contribution in [1.29, 1.82) is 0 Å². The fraction of sp³-hybridized carbons (Fsp3) is 0.250. The minimum Gasteiger partial charge on any atom is -0.494 e. The average Bonchev–Trinajstić information content (AvgIpc) is 2.97. The Morgan fingerprint density at radius 2 is 1.90 bits per heavy atom. The van der Waals surface area contributed by atoms with E-state index in [1.807, 2.05) is 37.3 Å². The van der Waals surface area contributed by atoms with E-state index in [2.05, 4.69) is 15.9 Å². The van der Waals surface area contributed by atoms with Gasteiger partial charge in [-0.1, -0.05) is 23.7 Å². The van der Waals surface area contributed by atoms with Gasteiger partial charge in [-0.25, -0.2) is 0 Å². The van der Waals surface area contributed by atoms with Crippen LogP contribution in [0.15, 0.2) is 34.8 Å². The summed E-state index contributed by atoms with van der Waals surface area (Å²) in [4.78, 5) is 0. The normalized spacial score (nSPS) is 12.5. The molecule has 0 saturated heterocycles. The molecule has 1 heterocycles. The summed E-state index contributed by atoms with van der Waals surface area (Å²) in [5.41, 5.74) is 2.16. The first-order chi connectivity index (χ1) is 10.2. The number of ether oxygens (including phenoxy) is 3. The Kier molecular flexibility index (Phi) is 4.27. The van der Waals surface area contributed by atoms with E-state index < -0.39 is 0 Å². The molecule has 0 amide bonds. The molecule has 0 atom stereocenters. The van der Waals surface area contributed by atoms with Crippen molar-refractivity contribution >= 4 is 27.5 Å². The lowest BCUT2D eigenvalue weighted by Gasteiger charge is -2.10. The monoisotopic (exact) mass is 368 g/mol. The van der Waals surface area contributed by atoms with Crippen LogP contribution in [0.1, 0.15) is 18.1 Å². The van der Waals surface area contributed by atoms with E-state index in [1.54, 1.807) is 0 Å². The molecule has 0 radical (unpaired) electrons. The van der Waals surface area contributed by atoms with E-state index >= 15 is 0 Å². The van der Waals surface area contributed by atoms with Gasteiger partial charge in [0.1, 0.15) is 5.75 Å². The van der Waals surface area contributed by atoms with Gasteiger partial charge in [-0.05, 0) is 58.6 Å². The van der Waals surface area contributed by atoms with Crippen molar-refractivity contribution in [3.8, 4) is 17.2 Å². The van der Waals surface area contributed by atoms with Crippen LogP contribution in [0.25, 0.3) is 0 Å². The summed E-state index contributed by atoms with van der Waals surface area (Å²) in [6, 6.07) is 10.00. The quantitative estimate of drug-likeness (QED) is 0.773. The summed E-state index contributed by atoms with van der Waals surface area (Å²) >= 11 is 9.90. The van der Waals surface area contributed by atoms with Crippen LogP contribution in [-0.2, 0) is 6.42 Å². The molecule has 0 fully saturated rings. The lowest BCUT2D eigenvalue weighted by molar-refractivity contribution is 0.173. The molecule has 1 aliphatic rings. The van der Waals surface area contributed by atoms with Crippen LogP contribution in [0.4, 0.5) is 0 Å². The standard InChI is InChI=1S/C16H14BrClO3/c1-2-19-12-5-3-10(4-6-12)7-11-8-13(17)15-16(14(11)18)21-9-20-15/h3-6,8H,2,7,9H2,1H3. The molecule has 110 valence electrons. The Morgan fingerprint density at radius 3 is 2.62 bits per heavy atom. The van der Waals surface area contributed by atoms with Gasteiger partial charge in [-0.2, -0.15) is 0 Å². The highest BCUT2D eigenvalue weighted by molar-refractivity contribution is 9.10. The second-order valence-electron chi connectivity index (χ2n) is 4.65. The zero-order valence-electron chi connectivity index (χ0n) is 11.5. The number of halogens is 2. The van der Waals surface area contributed by atoms with Crippen molar-refractivity contribution in [2.24, 2.45) is 0 Å². The summed E-state index contributed by atoms with van der Waals surface area (Å²) in [5.74, 6) is 2.17. The van der Waals surface area contributed by atoms with Crippen molar-refractivity contribution < 1.29 is 14.2 Å². The zero-order valence-corrected chi connectivity index (χ0v) is 13.8. The van der Waals surface area contributed by atoms with Crippen molar-refractivity contribution in [2.75, 3.05) is 13.4 Å². The van der Waals surface area contributed by atoms with Crippen LogP contribution in [0.3, 0.4) is 0 Å². The summed E-state index contributed by atoms with van der Waals surface area (Å²) < 4.78 is 17.1. The van der Waals surface area contributed by atoms with Gasteiger partial charge in [-0.3, -0.25) is 0 Å². The van der Waals surface area contributed by atoms with Crippen LogP contribution in [0, 0.1) is 0 Å². The van der Waals surface area contributed by atoms with E-state index in [0.29, 0.717) is 23.1 Å². The molecule has 21 heavy (non-hydrogen) atoms. The second-order valence-corrected chi connectivity index (χ2v) is 5.88. The third-order valence-electron chi connectivity index (χ3n) is 3.24. The summed E-state index contributed by atoms with van der Waals surface area (Å²) in [6.07, 6.45) is 0.723. The molecular weight excluding hydrogens is 356 g/mol. The smallest absolute Gasteiger partial charge is 0.231 e. The minimum atomic E-state index is 0.208. The van der Waals surface area contributed by atoms with Crippen LogP contribution in [0.2, 0.25) is 5.02 Å². The van der Waals surface area contributed by atoms with Crippen LogP contribution in [-0.4, -0.2) is 13.4 Å².